The van der Waals surface area contributed by atoms with Gasteiger partial charge in [-0.15, -0.1) is 0 Å². The lowest BCUT2D eigenvalue weighted by molar-refractivity contribution is 0.210. The molecule has 1 aliphatic rings. The van der Waals surface area contributed by atoms with Gasteiger partial charge in [0.1, 0.15) is 5.75 Å². The van der Waals surface area contributed by atoms with Crippen molar-refractivity contribution in [3.63, 3.8) is 0 Å². The lowest BCUT2D eigenvalue weighted by atomic mass is 9.98. The van der Waals surface area contributed by atoms with Gasteiger partial charge in [0.05, 0.1) is 6.10 Å². The average Bonchev–Trinajstić information content (AvgIpc) is 3.00. The molecule has 21 heavy (non-hydrogen) atoms. The predicted molar refractivity (Wildman–Crippen MR) is 89.2 cm³/mol. The van der Waals surface area contributed by atoms with E-state index in [1.807, 2.05) is 6.07 Å². The van der Waals surface area contributed by atoms with E-state index in [-0.39, 0.29) is 0 Å². The summed E-state index contributed by atoms with van der Waals surface area (Å²) >= 11 is 6.17. The average molecular weight is 301 g/mol. The number of halogens is 1. The van der Waals surface area contributed by atoms with Crippen molar-refractivity contribution >= 4 is 11.6 Å². The van der Waals surface area contributed by atoms with E-state index >= 15 is 0 Å². The Bertz CT molecular complexity index is 615. The van der Waals surface area contributed by atoms with Gasteiger partial charge in [0.25, 0.3) is 0 Å². The Hall–Kier alpha value is -1.47. The fourth-order valence-electron chi connectivity index (χ4n) is 3.06. The first-order chi connectivity index (χ1) is 10.3. The maximum absolute atomic E-state index is 6.17. The van der Waals surface area contributed by atoms with E-state index in [2.05, 4.69) is 43.3 Å². The molecule has 1 nitrogen and oxygen atoms in total. The molecule has 0 saturated heterocycles. The van der Waals surface area contributed by atoms with Crippen molar-refractivity contribution in [3.8, 4) is 16.9 Å². The predicted octanol–water partition coefficient (Wildman–Crippen LogP) is 5.89. The van der Waals surface area contributed by atoms with Gasteiger partial charge in [0.15, 0.2) is 0 Å². The molecule has 0 radical (unpaired) electrons. The van der Waals surface area contributed by atoms with E-state index in [0.717, 1.165) is 17.2 Å². The maximum Gasteiger partial charge on any atom is 0.120 e. The van der Waals surface area contributed by atoms with Gasteiger partial charge >= 0.3 is 0 Å². The van der Waals surface area contributed by atoms with Crippen molar-refractivity contribution in [2.24, 2.45) is 0 Å². The van der Waals surface area contributed by atoms with Crippen molar-refractivity contribution < 1.29 is 4.74 Å². The SMILES string of the molecule is CCc1ccc(Cl)cc1-c1cccc(OC2CCCC2)c1. The van der Waals surface area contributed by atoms with Crippen molar-refractivity contribution in [3.05, 3.63) is 53.1 Å². The largest absolute Gasteiger partial charge is 0.490 e. The minimum absolute atomic E-state index is 0.394. The molecule has 1 saturated carbocycles. The Balaban J connectivity index is 1.90. The van der Waals surface area contributed by atoms with Crippen LogP contribution in [0.25, 0.3) is 11.1 Å². The Morgan fingerprint density at radius 2 is 1.90 bits per heavy atom. The first-order valence-corrected chi connectivity index (χ1v) is 8.19. The molecule has 2 aromatic rings. The minimum atomic E-state index is 0.394. The second-order valence-corrected chi connectivity index (χ2v) is 6.14. The smallest absolute Gasteiger partial charge is 0.120 e. The monoisotopic (exact) mass is 300 g/mol. The molecule has 1 aliphatic carbocycles. The van der Waals surface area contributed by atoms with Gasteiger partial charge in [-0.2, -0.15) is 0 Å². The zero-order chi connectivity index (χ0) is 14.7. The lowest BCUT2D eigenvalue weighted by Crippen LogP contribution is -2.10. The summed E-state index contributed by atoms with van der Waals surface area (Å²) in [6.45, 7) is 2.17. The molecule has 2 aromatic carbocycles. The summed E-state index contributed by atoms with van der Waals surface area (Å²) < 4.78 is 6.11. The molecule has 0 aliphatic heterocycles. The molecule has 0 heterocycles. The fraction of sp³-hybridized carbons (Fsp3) is 0.368. The van der Waals surface area contributed by atoms with Crippen LogP contribution in [0.15, 0.2) is 42.5 Å². The van der Waals surface area contributed by atoms with Gasteiger partial charge in [-0.25, -0.2) is 0 Å². The van der Waals surface area contributed by atoms with Crippen molar-refractivity contribution in [2.45, 2.75) is 45.1 Å². The number of hydrogen-bond acceptors (Lipinski definition) is 1. The minimum Gasteiger partial charge on any atom is -0.490 e. The van der Waals surface area contributed by atoms with E-state index in [4.69, 9.17) is 16.3 Å². The van der Waals surface area contributed by atoms with Crippen LogP contribution in [0.2, 0.25) is 5.02 Å². The number of rotatable bonds is 4. The summed E-state index contributed by atoms with van der Waals surface area (Å²) in [6, 6.07) is 14.5. The summed E-state index contributed by atoms with van der Waals surface area (Å²) in [5.74, 6) is 0.974. The van der Waals surface area contributed by atoms with Gasteiger partial charge in [-0.1, -0.05) is 36.7 Å². The topological polar surface area (TPSA) is 9.23 Å². The summed E-state index contributed by atoms with van der Waals surface area (Å²) in [7, 11) is 0. The Morgan fingerprint density at radius 3 is 2.67 bits per heavy atom. The summed E-state index contributed by atoms with van der Waals surface area (Å²) in [4.78, 5) is 0. The van der Waals surface area contributed by atoms with Gasteiger partial charge in [-0.05, 0) is 73.1 Å². The van der Waals surface area contributed by atoms with E-state index in [1.54, 1.807) is 0 Å². The molecule has 0 aromatic heterocycles. The lowest BCUT2D eigenvalue weighted by Gasteiger charge is -2.15. The van der Waals surface area contributed by atoms with Gasteiger partial charge in [0, 0.05) is 5.02 Å². The second-order valence-electron chi connectivity index (χ2n) is 5.71. The van der Waals surface area contributed by atoms with E-state index in [0.29, 0.717) is 6.10 Å². The Labute approximate surface area is 131 Å². The summed E-state index contributed by atoms with van der Waals surface area (Å²) in [5.41, 5.74) is 3.71. The third-order valence-electron chi connectivity index (χ3n) is 4.20. The number of aryl methyl sites for hydroxylation is 1. The molecule has 2 heteroatoms. The van der Waals surface area contributed by atoms with Crippen LogP contribution in [0.4, 0.5) is 0 Å². The zero-order valence-corrected chi connectivity index (χ0v) is 13.2. The third kappa shape index (κ3) is 3.41. The molecular formula is C19H21ClO. The second kappa shape index (κ2) is 6.53. The Morgan fingerprint density at radius 1 is 1.10 bits per heavy atom. The first kappa shape index (κ1) is 14.5. The highest BCUT2D eigenvalue weighted by Gasteiger charge is 2.16. The van der Waals surface area contributed by atoms with E-state index < -0.39 is 0 Å². The molecule has 0 unspecified atom stereocenters. The highest BCUT2D eigenvalue weighted by Crippen LogP contribution is 2.31. The zero-order valence-electron chi connectivity index (χ0n) is 12.4. The molecule has 1 fully saturated rings. The molecular weight excluding hydrogens is 280 g/mol. The molecule has 3 rings (SSSR count). The third-order valence-corrected chi connectivity index (χ3v) is 4.44. The van der Waals surface area contributed by atoms with Crippen molar-refractivity contribution in [1.29, 1.82) is 0 Å². The van der Waals surface area contributed by atoms with Crippen LogP contribution in [0.5, 0.6) is 5.75 Å². The standard InChI is InChI=1S/C19H21ClO/c1-2-14-10-11-16(20)13-19(14)15-6-5-9-18(12-15)21-17-7-3-4-8-17/h5-6,9-13,17H,2-4,7-8H2,1H3. The molecule has 0 bridgehead atoms. The molecule has 0 N–H and O–H groups in total. The van der Waals surface area contributed by atoms with Gasteiger partial charge < -0.3 is 4.74 Å². The molecule has 0 spiro atoms. The highest BCUT2D eigenvalue weighted by molar-refractivity contribution is 6.30. The quantitative estimate of drug-likeness (QED) is 0.684. The van der Waals surface area contributed by atoms with E-state index in [9.17, 15) is 0 Å². The van der Waals surface area contributed by atoms with Crippen LogP contribution in [0.1, 0.15) is 38.2 Å². The molecule has 110 valence electrons. The van der Waals surface area contributed by atoms with Gasteiger partial charge in [0.2, 0.25) is 0 Å². The number of ether oxygens (including phenoxy) is 1. The number of benzene rings is 2. The highest BCUT2D eigenvalue weighted by atomic mass is 35.5. The van der Waals surface area contributed by atoms with Crippen molar-refractivity contribution in [1.82, 2.24) is 0 Å². The van der Waals surface area contributed by atoms with Crippen LogP contribution in [0, 0.1) is 0 Å². The van der Waals surface area contributed by atoms with Crippen molar-refractivity contribution in [2.75, 3.05) is 0 Å². The molecule has 0 atom stereocenters. The van der Waals surface area contributed by atoms with Gasteiger partial charge in [-0.3, -0.25) is 0 Å². The fourth-order valence-corrected chi connectivity index (χ4v) is 3.23. The normalized spacial score (nSPS) is 15.3. The summed E-state index contributed by atoms with van der Waals surface area (Å²) in [6.07, 6.45) is 6.34. The van der Waals surface area contributed by atoms with E-state index in [1.165, 1.54) is 42.4 Å². The summed E-state index contributed by atoms with van der Waals surface area (Å²) in [5, 5.41) is 0.782. The Kier molecular flexibility index (Phi) is 4.50. The maximum atomic E-state index is 6.17. The number of hydrogen-bond donors (Lipinski definition) is 0. The van der Waals surface area contributed by atoms with Crippen LogP contribution >= 0.6 is 11.6 Å². The van der Waals surface area contributed by atoms with Crippen LogP contribution in [-0.2, 0) is 6.42 Å². The van der Waals surface area contributed by atoms with Crippen LogP contribution in [-0.4, -0.2) is 6.10 Å². The first-order valence-electron chi connectivity index (χ1n) is 7.82. The van der Waals surface area contributed by atoms with Crippen LogP contribution < -0.4 is 4.74 Å². The molecule has 0 amide bonds. The van der Waals surface area contributed by atoms with Crippen LogP contribution in [0.3, 0.4) is 0 Å².